The quantitative estimate of drug-likeness (QED) is 0.882. The number of aromatic nitrogens is 1. The summed E-state index contributed by atoms with van der Waals surface area (Å²) in [5.74, 6) is 0. The maximum absolute atomic E-state index is 8.95. The number of aliphatic hydroxyl groups is 1. The number of halogens is 1. The molecule has 17 heavy (non-hydrogen) atoms. The highest BCUT2D eigenvalue weighted by atomic mass is 35.5. The molecule has 4 nitrogen and oxygen atoms in total. The molecule has 1 saturated heterocycles. The Hall–Kier alpha value is -0.840. The fraction of sp³-hybridized carbons (Fsp3) is 0.583. The SMILES string of the molecule is OCCN1CCCN(c2ccncc2Cl)CC1. The van der Waals surface area contributed by atoms with Gasteiger partial charge in [0.25, 0.3) is 0 Å². The zero-order valence-corrected chi connectivity index (χ0v) is 10.6. The molecule has 0 radical (unpaired) electrons. The van der Waals surface area contributed by atoms with Gasteiger partial charge in [-0.3, -0.25) is 9.88 Å². The van der Waals surface area contributed by atoms with Crippen molar-refractivity contribution >= 4 is 17.3 Å². The van der Waals surface area contributed by atoms with Crippen LogP contribution in [0, 0.1) is 0 Å². The molecule has 0 aliphatic carbocycles. The van der Waals surface area contributed by atoms with Gasteiger partial charge in [0.2, 0.25) is 0 Å². The van der Waals surface area contributed by atoms with Gasteiger partial charge in [-0.25, -0.2) is 0 Å². The van der Waals surface area contributed by atoms with E-state index in [1.807, 2.05) is 6.07 Å². The maximum Gasteiger partial charge on any atom is 0.0822 e. The first-order chi connectivity index (χ1) is 8.31. The van der Waals surface area contributed by atoms with Crippen LogP contribution in [0.4, 0.5) is 5.69 Å². The molecule has 1 aliphatic heterocycles. The molecule has 0 saturated carbocycles. The largest absolute Gasteiger partial charge is 0.395 e. The first-order valence-corrected chi connectivity index (χ1v) is 6.37. The minimum Gasteiger partial charge on any atom is -0.395 e. The summed E-state index contributed by atoms with van der Waals surface area (Å²) in [6, 6.07) is 1.96. The Labute approximate surface area is 107 Å². The van der Waals surface area contributed by atoms with Crippen molar-refractivity contribution in [3.8, 4) is 0 Å². The number of anilines is 1. The minimum absolute atomic E-state index is 0.232. The maximum atomic E-state index is 8.95. The second-order valence-corrected chi connectivity index (χ2v) is 4.64. The van der Waals surface area contributed by atoms with Crippen LogP contribution in [-0.2, 0) is 0 Å². The van der Waals surface area contributed by atoms with Gasteiger partial charge in [0, 0.05) is 38.6 Å². The summed E-state index contributed by atoms with van der Waals surface area (Å²) < 4.78 is 0. The first kappa shape index (κ1) is 12.6. The van der Waals surface area contributed by atoms with Gasteiger partial charge in [-0.2, -0.15) is 0 Å². The Bertz CT molecular complexity index is 361. The number of nitrogens with zero attached hydrogens (tertiary/aromatic N) is 3. The van der Waals surface area contributed by atoms with E-state index in [0.29, 0.717) is 5.02 Å². The van der Waals surface area contributed by atoms with Gasteiger partial charge in [-0.05, 0) is 19.0 Å². The molecule has 1 aliphatic rings. The lowest BCUT2D eigenvalue weighted by molar-refractivity contribution is 0.204. The molecule has 1 N–H and O–H groups in total. The molecule has 0 spiro atoms. The highest BCUT2D eigenvalue weighted by molar-refractivity contribution is 6.33. The summed E-state index contributed by atoms with van der Waals surface area (Å²) in [6.07, 6.45) is 4.56. The van der Waals surface area contributed by atoms with Gasteiger partial charge in [-0.1, -0.05) is 11.6 Å². The molecule has 0 atom stereocenters. The van der Waals surface area contributed by atoms with E-state index in [1.54, 1.807) is 12.4 Å². The Morgan fingerprint density at radius 1 is 1.29 bits per heavy atom. The van der Waals surface area contributed by atoms with E-state index in [-0.39, 0.29) is 6.61 Å². The normalized spacial score (nSPS) is 18.1. The van der Waals surface area contributed by atoms with Crippen molar-refractivity contribution in [2.24, 2.45) is 0 Å². The number of hydrogen-bond donors (Lipinski definition) is 1. The molecule has 94 valence electrons. The van der Waals surface area contributed by atoms with Gasteiger partial charge < -0.3 is 10.0 Å². The number of aliphatic hydroxyl groups excluding tert-OH is 1. The fourth-order valence-electron chi connectivity index (χ4n) is 2.20. The predicted octanol–water partition coefficient (Wildman–Crippen LogP) is 1.24. The van der Waals surface area contributed by atoms with Crippen LogP contribution in [0.25, 0.3) is 0 Å². The van der Waals surface area contributed by atoms with Gasteiger partial charge in [-0.15, -0.1) is 0 Å². The third-order valence-electron chi connectivity index (χ3n) is 3.10. The van der Waals surface area contributed by atoms with Crippen LogP contribution in [0.5, 0.6) is 0 Å². The second-order valence-electron chi connectivity index (χ2n) is 4.23. The highest BCUT2D eigenvalue weighted by Crippen LogP contribution is 2.24. The van der Waals surface area contributed by atoms with Crippen LogP contribution < -0.4 is 4.90 Å². The summed E-state index contributed by atoms with van der Waals surface area (Å²) in [5, 5.41) is 9.66. The molecule has 0 aromatic carbocycles. The molecule has 5 heteroatoms. The average Bonchev–Trinajstić information content (AvgIpc) is 2.56. The lowest BCUT2D eigenvalue weighted by Gasteiger charge is -2.24. The van der Waals surface area contributed by atoms with Crippen molar-refractivity contribution in [2.45, 2.75) is 6.42 Å². The van der Waals surface area contributed by atoms with Crippen LogP contribution in [0.1, 0.15) is 6.42 Å². The summed E-state index contributed by atoms with van der Waals surface area (Å²) >= 11 is 6.15. The molecule has 2 heterocycles. The zero-order valence-electron chi connectivity index (χ0n) is 9.85. The molecule has 1 aromatic heterocycles. The number of hydrogen-bond acceptors (Lipinski definition) is 4. The summed E-state index contributed by atoms with van der Waals surface area (Å²) in [7, 11) is 0. The predicted molar refractivity (Wildman–Crippen MR) is 69.6 cm³/mol. The van der Waals surface area contributed by atoms with Crippen LogP contribution in [0.2, 0.25) is 5.02 Å². The van der Waals surface area contributed by atoms with E-state index < -0.39 is 0 Å². The van der Waals surface area contributed by atoms with Crippen LogP contribution in [0.3, 0.4) is 0 Å². The fourth-order valence-corrected chi connectivity index (χ4v) is 2.44. The number of β-amino-alcohol motifs (C(OH)–C–C–N with tert-alkyl or cyclic N) is 1. The number of pyridine rings is 1. The van der Waals surface area contributed by atoms with E-state index in [2.05, 4.69) is 14.8 Å². The Morgan fingerprint density at radius 2 is 2.18 bits per heavy atom. The summed E-state index contributed by atoms with van der Waals surface area (Å²) in [4.78, 5) is 8.59. The van der Waals surface area contributed by atoms with Crippen molar-refractivity contribution in [1.29, 1.82) is 0 Å². The van der Waals surface area contributed by atoms with Crippen LogP contribution >= 0.6 is 11.6 Å². The zero-order chi connectivity index (χ0) is 12.1. The van der Waals surface area contributed by atoms with Crippen molar-refractivity contribution in [3.05, 3.63) is 23.5 Å². The lowest BCUT2D eigenvalue weighted by atomic mass is 10.3. The molecule has 1 aromatic rings. The highest BCUT2D eigenvalue weighted by Gasteiger charge is 2.16. The molecular formula is C12H18ClN3O. The second kappa shape index (κ2) is 6.19. The smallest absolute Gasteiger partial charge is 0.0822 e. The molecule has 1 fully saturated rings. The topological polar surface area (TPSA) is 39.6 Å². The lowest BCUT2D eigenvalue weighted by Crippen LogP contribution is -2.32. The standard InChI is InChI=1S/C12H18ClN3O/c13-11-10-14-3-2-12(11)16-5-1-4-15(6-7-16)8-9-17/h2-3,10,17H,1,4-9H2. The molecular weight excluding hydrogens is 238 g/mol. The van der Waals surface area contributed by atoms with Crippen LogP contribution in [-0.4, -0.2) is 54.3 Å². The Balaban J connectivity index is 2.01. The van der Waals surface area contributed by atoms with Crippen LogP contribution in [0.15, 0.2) is 18.5 Å². The Kier molecular flexibility index (Phi) is 4.59. The molecule has 0 bridgehead atoms. The van der Waals surface area contributed by atoms with E-state index in [9.17, 15) is 0 Å². The van der Waals surface area contributed by atoms with E-state index in [4.69, 9.17) is 16.7 Å². The monoisotopic (exact) mass is 255 g/mol. The third kappa shape index (κ3) is 3.31. The van der Waals surface area contributed by atoms with Gasteiger partial charge in [0.15, 0.2) is 0 Å². The number of rotatable bonds is 3. The first-order valence-electron chi connectivity index (χ1n) is 5.99. The Morgan fingerprint density at radius 3 is 2.94 bits per heavy atom. The van der Waals surface area contributed by atoms with Crippen molar-refractivity contribution < 1.29 is 5.11 Å². The van der Waals surface area contributed by atoms with E-state index in [0.717, 1.165) is 44.8 Å². The van der Waals surface area contributed by atoms with E-state index in [1.165, 1.54) is 0 Å². The van der Waals surface area contributed by atoms with Crippen molar-refractivity contribution in [1.82, 2.24) is 9.88 Å². The minimum atomic E-state index is 0.232. The van der Waals surface area contributed by atoms with Gasteiger partial charge >= 0.3 is 0 Å². The molecule has 0 unspecified atom stereocenters. The molecule has 0 amide bonds. The third-order valence-corrected chi connectivity index (χ3v) is 3.39. The van der Waals surface area contributed by atoms with Crippen molar-refractivity contribution in [3.63, 3.8) is 0 Å². The summed E-state index contributed by atoms with van der Waals surface area (Å²) in [6.45, 7) is 4.96. The summed E-state index contributed by atoms with van der Waals surface area (Å²) in [5.41, 5.74) is 1.06. The van der Waals surface area contributed by atoms with E-state index >= 15 is 0 Å². The molecule has 2 rings (SSSR count). The van der Waals surface area contributed by atoms with Gasteiger partial charge in [0.1, 0.15) is 0 Å². The average molecular weight is 256 g/mol. The van der Waals surface area contributed by atoms with Gasteiger partial charge in [0.05, 0.1) is 17.3 Å². The van der Waals surface area contributed by atoms with Crippen molar-refractivity contribution in [2.75, 3.05) is 44.2 Å².